The van der Waals surface area contributed by atoms with Gasteiger partial charge in [-0.1, -0.05) is 20.8 Å². The van der Waals surface area contributed by atoms with Crippen molar-refractivity contribution in [3.8, 4) is 0 Å². The zero-order valence-electron chi connectivity index (χ0n) is 13.9. The summed E-state index contributed by atoms with van der Waals surface area (Å²) in [6.07, 6.45) is 5.21. The Bertz CT molecular complexity index is 683. The molecule has 0 aromatic carbocycles. The number of aromatic nitrogens is 1. The minimum atomic E-state index is -0.0932. The number of nitrogens with zero attached hydrogens (tertiary/aromatic N) is 2. The van der Waals surface area contributed by atoms with Crippen LogP contribution in [-0.4, -0.2) is 22.5 Å². The molecule has 0 saturated carbocycles. The lowest BCUT2D eigenvalue weighted by Crippen LogP contribution is -2.34. The molecule has 0 atom stereocenters. The van der Waals surface area contributed by atoms with Crippen molar-refractivity contribution in [2.75, 3.05) is 11.9 Å². The van der Waals surface area contributed by atoms with E-state index >= 15 is 0 Å². The maximum atomic E-state index is 12.5. The largest absolute Gasteiger partial charge is 0.469 e. The molecule has 0 saturated heterocycles. The van der Waals surface area contributed by atoms with E-state index in [-0.39, 0.29) is 11.4 Å². The second kappa shape index (κ2) is 6.07. The first-order chi connectivity index (χ1) is 10.9. The van der Waals surface area contributed by atoms with Crippen molar-refractivity contribution in [1.82, 2.24) is 9.88 Å². The van der Waals surface area contributed by atoms with Crippen LogP contribution in [0.5, 0.6) is 0 Å². The summed E-state index contributed by atoms with van der Waals surface area (Å²) in [5, 5.41) is 2.93. The SMILES string of the molecule is CC(C)(C)c1ccc(NC(=O)N2CCCc3occc3C2)cn1. The number of fused-ring (bicyclic) bond motifs is 1. The molecule has 3 heterocycles. The Balaban J connectivity index is 1.67. The van der Waals surface area contributed by atoms with E-state index in [1.807, 2.05) is 23.1 Å². The van der Waals surface area contributed by atoms with Gasteiger partial charge in [0.1, 0.15) is 5.76 Å². The van der Waals surface area contributed by atoms with Crippen LogP contribution in [0.4, 0.5) is 10.5 Å². The highest BCUT2D eigenvalue weighted by atomic mass is 16.3. The quantitative estimate of drug-likeness (QED) is 0.867. The van der Waals surface area contributed by atoms with Crippen LogP contribution in [0.2, 0.25) is 0 Å². The van der Waals surface area contributed by atoms with Crippen molar-refractivity contribution in [3.63, 3.8) is 0 Å². The first kappa shape index (κ1) is 15.6. The Labute approximate surface area is 136 Å². The third kappa shape index (κ3) is 3.55. The second-order valence-electron chi connectivity index (χ2n) is 7.01. The number of carbonyl (C=O) groups is 1. The fourth-order valence-corrected chi connectivity index (χ4v) is 2.73. The molecule has 0 fully saturated rings. The fourth-order valence-electron chi connectivity index (χ4n) is 2.73. The summed E-state index contributed by atoms with van der Waals surface area (Å²) in [7, 11) is 0. The van der Waals surface area contributed by atoms with Gasteiger partial charge in [-0.3, -0.25) is 4.98 Å². The van der Waals surface area contributed by atoms with Crippen LogP contribution in [0, 0.1) is 0 Å². The number of nitrogens with one attached hydrogen (secondary N) is 1. The number of pyridine rings is 1. The van der Waals surface area contributed by atoms with Gasteiger partial charge in [0.2, 0.25) is 0 Å². The molecule has 122 valence electrons. The molecule has 0 bridgehead atoms. The molecule has 1 aliphatic rings. The van der Waals surface area contributed by atoms with E-state index in [4.69, 9.17) is 4.42 Å². The van der Waals surface area contributed by atoms with Gasteiger partial charge in [-0.05, 0) is 24.6 Å². The van der Waals surface area contributed by atoms with Gasteiger partial charge in [0.05, 0.1) is 24.7 Å². The number of aryl methyl sites for hydroxylation is 1. The molecule has 0 unspecified atom stereocenters. The molecule has 0 spiro atoms. The van der Waals surface area contributed by atoms with Crippen molar-refractivity contribution in [1.29, 1.82) is 0 Å². The van der Waals surface area contributed by atoms with Gasteiger partial charge in [-0.15, -0.1) is 0 Å². The van der Waals surface area contributed by atoms with Crippen LogP contribution in [0.1, 0.15) is 44.2 Å². The van der Waals surface area contributed by atoms with Crippen molar-refractivity contribution >= 4 is 11.7 Å². The first-order valence-corrected chi connectivity index (χ1v) is 8.01. The number of hydrogen-bond donors (Lipinski definition) is 1. The molecule has 23 heavy (non-hydrogen) atoms. The van der Waals surface area contributed by atoms with E-state index in [1.54, 1.807) is 12.5 Å². The third-order valence-electron chi connectivity index (χ3n) is 4.10. The molecule has 2 aromatic heterocycles. The number of amides is 2. The van der Waals surface area contributed by atoms with Crippen LogP contribution >= 0.6 is 0 Å². The number of rotatable bonds is 1. The molecule has 1 aliphatic heterocycles. The van der Waals surface area contributed by atoms with Gasteiger partial charge < -0.3 is 14.6 Å². The van der Waals surface area contributed by atoms with E-state index in [9.17, 15) is 4.79 Å². The molecular weight excluding hydrogens is 290 g/mol. The Kier molecular flexibility index (Phi) is 4.11. The monoisotopic (exact) mass is 313 g/mol. The normalized spacial score (nSPS) is 15.0. The molecule has 2 aromatic rings. The van der Waals surface area contributed by atoms with Crippen molar-refractivity contribution in [3.05, 3.63) is 47.7 Å². The van der Waals surface area contributed by atoms with Gasteiger partial charge in [0, 0.05) is 29.6 Å². The average Bonchev–Trinajstić information content (AvgIpc) is 2.83. The van der Waals surface area contributed by atoms with E-state index in [0.717, 1.165) is 42.1 Å². The summed E-state index contributed by atoms with van der Waals surface area (Å²) < 4.78 is 5.46. The molecular formula is C18H23N3O2. The molecule has 5 heteroatoms. The van der Waals surface area contributed by atoms with Gasteiger partial charge in [-0.2, -0.15) is 0 Å². The lowest BCUT2D eigenvalue weighted by molar-refractivity contribution is 0.210. The third-order valence-corrected chi connectivity index (χ3v) is 4.10. The fraction of sp³-hybridized carbons (Fsp3) is 0.444. The number of urea groups is 1. The highest BCUT2D eigenvalue weighted by Crippen LogP contribution is 2.22. The van der Waals surface area contributed by atoms with Crippen LogP contribution in [0.25, 0.3) is 0 Å². The summed E-state index contributed by atoms with van der Waals surface area (Å²) in [4.78, 5) is 18.8. The van der Waals surface area contributed by atoms with Crippen LogP contribution in [0.3, 0.4) is 0 Å². The minimum absolute atomic E-state index is 0.00497. The Morgan fingerprint density at radius 3 is 2.83 bits per heavy atom. The molecule has 2 amide bonds. The van der Waals surface area contributed by atoms with E-state index in [0.29, 0.717) is 6.54 Å². The maximum Gasteiger partial charge on any atom is 0.322 e. The lowest BCUT2D eigenvalue weighted by atomic mass is 9.92. The number of furan rings is 1. The Hall–Kier alpha value is -2.30. The minimum Gasteiger partial charge on any atom is -0.469 e. The zero-order valence-corrected chi connectivity index (χ0v) is 13.9. The highest BCUT2D eigenvalue weighted by molar-refractivity contribution is 5.89. The van der Waals surface area contributed by atoms with E-state index in [2.05, 4.69) is 31.1 Å². The van der Waals surface area contributed by atoms with Crippen molar-refractivity contribution in [2.24, 2.45) is 0 Å². The molecule has 3 rings (SSSR count). The summed E-state index contributed by atoms with van der Waals surface area (Å²) in [6, 6.07) is 5.73. The van der Waals surface area contributed by atoms with E-state index in [1.165, 1.54) is 0 Å². The van der Waals surface area contributed by atoms with Crippen molar-refractivity contribution in [2.45, 2.75) is 45.6 Å². The molecule has 0 radical (unpaired) electrons. The molecule has 0 aliphatic carbocycles. The zero-order chi connectivity index (χ0) is 16.4. The van der Waals surface area contributed by atoms with Gasteiger partial charge in [-0.25, -0.2) is 4.79 Å². The number of anilines is 1. The second-order valence-corrected chi connectivity index (χ2v) is 7.01. The lowest BCUT2D eigenvalue weighted by Gasteiger charge is -2.21. The Morgan fingerprint density at radius 2 is 2.13 bits per heavy atom. The summed E-state index contributed by atoms with van der Waals surface area (Å²) >= 11 is 0. The number of hydrogen-bond acceptors (Lipinski definition) is 3. The summed E-state index contributed by atoms with van der Waals surface area (Å²) in [5.41, 5.74) is 2.83. The predicted octanol–water partition coefficient (Wildman–Crippen LogP) is 3.95. The Morgan fingerprint density at radius 1 is 1.30 bits per heavy atom. The van der Waals surface area contributed by atoms with Gasteiger partial charge in [0.15, 0.2) is 0 Å². The smallest absolute Gasteiger partial charge is 0.322 e. The first-order valence-electron chi connectivity index (χ1n) is 8.01. The van der Waals surface area contributed by atoms with E-state index < -0.39 is 0 Å². The topological polar surface area (TPSA) is 58.4 Å². The van der Waals surface area contributed by atoms with Crippen LogP contribution in [0.15, 0.2) is 35.1 Å². The van der Waals surface area contributed by atoms with Crippen LogP contribution in [-0.2, 0) is 18.4 Å². The number of carbonyl (C=O) groups excluding carboxylic acids is 1. The molecule has 1 N–H and O–H groups in total. The predicted molar refractivity (Wildman–Crippen MR) is 89.4 cm³/mol. The maximum absolute atomic E-state index is 12.5. The standard InChI is InChI=1S/C18H23N3O2/c1-18(2,3)16-7-6-14(11-19-16)20-17(22)21-9-4-5-15-13(12-21)8-10-23-15/h6-8,10-11H,4-5,9,12H2,1-3H3,(H,20,22). The van der Waals surface area contributed by atoms with Crippen LogP contribution < -0.4 is 5.32 Å². The highest BCUT2D eigenvalue weighted by Gasteiger charge is 2.21. The summed E-state index contributed by atoms with van der Waals surface area (Å²) in [6.45, 7) is 7.67. The average molecular weight is 313 g/mol. The summed E-state index contributed by atoms with van der Waals surface area (Å²) in [5.74, 6) is 0.997. The van der Waals surface area contributed by atoms with Gasteiger partial charge in [0.25, 0.3) is 0 Å². The molecule has 5 nitrogen and oxygen atoms in total. The van der Waals surface area contributed by atoms with Crippen molar-refractivity contribution < 1.29 is 9.21 Å². The van der Waals surface area contributed by atoms with Gasteiger partial charge >= 0.3 is 6.03 Å².